The second-order valence-electron chi connectivity index (χ2n) is 4.75. The van der Waals surface area contributed by atoms with Crippen LogP contribution in [0, 0.1) is 0 Å². The Balaban J connectivity index is 0.00000441. The average Bonchev–Trinajstić information content (AvgIpc) is 2.42. The summed E-state index contributed by atoms with van der Waals surface area (Å²) in [5.41, 5.74) is 0. The summed E-state index contributed by atoms with van der Waals surface area (Å²) in [4.78, 5) is 5.31. The quantitative estimate of drug-likeness (QED) is 0.284. The third kappa shape index (κ3) is 10.3. The lowest BCUT2D eigenvalue weighted by Crippen LogP contribution is -2.41. The van der Waals surface area contributed by atoms with Gasteiger partial charge in [0.25, 0.3) is 0 Å². The fraction of sp³-hybridized carbons (Fsp3) is 0.500. The van der Waals surface area contributed by atoms with E-state index < -0.39 is 9.84 Å². The number of benzene rings is 1. The second-order valence-corrected chi connectivity index (χ2v) is 8.52. The molecule has 0 aromatic heterocycles. The van der Waals surface area contributed by atoms with E-state index in [1.165, 1.54) is 11.2 Å². The number of aliphatic imine (C=N–C) groups is 1. The minimum atomic E-state index is -2.95. The molecule has 0 aliphatic carbocycles. The van der Waals surface area contributed by atoms with Crippen LogP contribution >= 0.6 is 35.7 Å². The van der Waals surface area contributed by atoms with Gasteiger partial charge in [0.15, 0.2) is 5.96 Å². The number of nitrogens with zero attached hydrogens (tertiary/aromatic N) is 1. The van der Waals surface area contributed by atoms with Crippen LogP contribution < -0.4 is 10.6 Å². The summed E-state index contributed by atoms with van der Waals surface area (Å²) >= 11 is 1.78. The summed E-state index contributed by atoms with van der Waals surface area (Å²) in [6.07, 6.45) is 1.23. The van der Waals surface area contributed by atoms with E-state index >= 15 is 0 Å². The van der Waals surface area contributed by atoms with Gasteiger partial charge in [-0.25, -0.2) is 8.42 Å². The molecular weight excluding hydrogens is 433 g/mol. The monoisotopic (exact) mass is 457 g/mol. The van der Waals surface area contributed by atoms with Crippen LogP contribution in [0.25, 0.3) is 0 Å². The number of hydrogen-bond donors (Lipinski definition) is 2. The number of halogens is 1. The van der Waals surface area contributed by atoms with E-state index in [4.69, 9.17) is 0 Å². The first-order chi connectivity index (χ1) is 9.90. The van der Waals surface area contributed by atoms with Gasteiger partial charge in [-0.3, -0.25) is 4.99 Å². The van der Waals surface area contributed by atoms with E-state index in [1.807, 2.05) is 18.2 Å². The van der Waals surface area contributed by atoms with Gasteiger partial charge in [0.05, 0.1) is 5.75 Å². The highest BCUT2D eigenvalue weighted by Gasteiger charge is 2.07. The van der Waals surface area contributed by atoms with Gasteiger partial charge in [-0.05, 0) is 12.1 Å². The maximum atomic E-state index is 11.1. The molecule has 0 radical (unpaired) electrons. The van der Waals surface area contributed by atoms with Crippen LogP contribution in [0.3, 0.4) is 0 Å². The van der Waals surface area contributed by atoms with Crippen molar-refractivity contribution in [3.05, 3.63) is 30.3 Å². The standard InChI is InChI=1S/C14H23N3O2S2.HI/c1-12(20-13-7-5-4-6-8-13)11-17-14(15-2)16-9-10-21(3,18)19;/h4-8,12H,9-11H2,1-3H3,(H2,15,16,17);1H. The predicted molar refractivity (Wildman–Crippen MR) is 106 cm³/mol. The largest absolute Gasteiger partial charge is 0.355 e. The molecule has 8 heteroatoms. The number of rotatable bonds is 7. The van der Waals surface area contributed by atoms with Crippen molar-refractivity contribution in [1.29, 1.82) is 0 Å². The summed E-state index contributed by atoms with van der Waals surface area (Å²) in [5, 5.41) is 6.57. The highest BCUT2D eigenvalue weighted by Crippen LogP contribution is 2.21. The number of nitrogens with one attached hydrogen (secondary N) is 2. The fourth-order valence-electron chi connectivity index (χ4n) is 1.59. The van der Waals surface area contributed by atoms with Crippen molar-refractivity contribution in [2.24, 2.45) is 4.99 Å². The van der Waals surface area contributed by atoms with E-state index in [2.05, 4.69) is 34.7 Å². The van der Waals surface area contributed by atoms with Crippen molar-refractivity contribution in [3.8, 4) is 0 Å². The van der Waals surface area contributed by atoms with Gasteiger partial charge in [0.1, 0.15) is 9.84 Å². The van der Waals surface area contributed by atoms with Crippen LogP contribution in [0.15, 0.2) is 40.2 Å². The summed E-state index contributed by atoms with van der Waals surface area (Å²) < 4.78 is 22.1. The Kier molecular flexibility index (Phi) is 10.9. The lowest BCUT2D eigenvalue weighted by Gasteiger charge is -2.15. The number of guanidine groups is 1. The maximum absolute atomic E-state index is 11.1. The third-order valence-corrected chi connectivity index (χ3v) is 4.69. The van der Waals surface area contributed by atoms with Crippen molar-refractivity contribution >= 4 is 51.5 Å². The molecule has 1 aromatic rings. The number of hydrogen-bond acceptors (Lipinski definition) is 4. The van der Waals surface area contributed by atoms with Crippen LogP contribution in [-0.4, -0.2) is 51.8 Å². The Morgan fingerprint density at radius 3 is 2.45 bits per heavy atom. The van der Waals surface area contributed by atoms with E-state index in [9.17, 15) is 8.42 Å². The molecule has 126 valence electrons. The van der Waals surface area contributed by atoms with Crippen molar-refractivity contribution in [3.63, 3.8) is 0 Å². The zero-order valence-electron chi connectivity index (χ0n) is 13.1. The highest BCUT2D eigenvalue weighted by atomic mass is 127. The summed E-state index contributed by atoms with van der Waals surface area (Å²) in [6, 6.07) is 10.2. The minimum Gasteiger partial charge on any atom is -0.355 e. The molecule has 0 aliphatic rings. The predicted octanol–water partition coefficient (Wildman–Crippen LogP) is 1.99. The van der Waals surface area contributed by atoms with E-state index in [-0.39, 0.29) is 29.7 Å². The first kappa shape index (κ1) is 21.5. The fourth-order valence-corrected chi connectivity index (χ4v) is 3.01. The van der Waals surface area contributed by atoms with Gasteiger partial charge in [-0.2, -0.15) is 0 Å². The Hall–Kier alpha value is -0.480. The second kappa shape index (κ2) is 11.1. The molecule has 0 spiro atoms. The van der Waals surface area contributed by atoms with Crippen molar-refractivity contribution < 1.29 is 8.42 Å². The molecule has 5 nitrogen and oxygen atoms in total. The van der Waals surface area contributed by atoms with Crippen molar-refractivity contribution in [2.75, 3.05) is 32.1 Å². The Morgan fingerprint density at radius 2 is 1.91 bits per heavy atom. The molecule has 0 bridgehead atoms. The van der Waals surface area contributed by atoms with Crippen LogP contribution in [0.2, 0.25) is 0 Å². The Morgan fingerprint density at radius 1 is 1.27 bits per heavy atom. The van der Waals surface area contributed by atoms with Crippen LogP contribution in [0.4, 0.5) is 0 Å². The molecule has 0 fully saturated rings. The molecular formula is C14H24IN3O2S2. The molecule has 22 heavy (non-hydrogen) atoms. The molecule has 1 unspecified atom stereocenters. The molecule has 1 aromatic carbocycles. The van der Waals surface area contributed by atoms with Gasteiger partial charge in [0, 0.05) is 36.5 Å². The molecule has 1 atom stereocenters. The lowest BCUT2D eigenvalue weighted by molar-refractivity contribution is 0.600. The third-order valence-electron chi connectivity index (χ3n) is 2.63. The molecule has 2 N–H and O–H groups in total. The van der Waals surface area contributed by atoms with Gasteiger partial charge < -0.3 is 10.6 Å². The first-order valence-electron chi connectivity index (χ1n) is 6.74. The summed E-state index contributed by atoms with van der Waals surface area (Å²) in [5.74, 6) is 0.723. The zero-order chi connectivity index (χ0) is 15.7. The van der Waals surface area contributed by atoms with Crippen LogP contribution in [0.1, 0.15) is 6.92 Å². The lowest BCUT2D eigenvalue weighted by atomic mass is 10.4. The molecule has 0 aliphatic heterocycles. The zero-order valence-corrected chi connectivity index (χ0v) is 17.0. The minimum absolute atomic E-state index is 0. The molecule has 0 saturated heterocycles. The molecule has 1 rings (SSSR count). The number of thioether (sulfide) groups is 1. The SMILES string of the molecule is CN=C(NCCS(C)(=O)=O)NCC(C)Sc1ccccc1.I. The topological polar surface area (TPSA) is 70.6 Å². The number of sulfone groups is 1. The van der Waals surface area contributed by atoms with E-state index in [0.29, 0.717) is 17.8 Å². The first-order valence-corrected chi connectivity index (χ1v) is 9.68. The Bertz CT molecular complexity index is 550. The maximum Gasteiger partial charge on any atom is 0.191 e. The average molecular weight is 457 g/mol. The molecule has 0 heterocycles. The van der Waals surface area contributed by atoms with Gasteiger partial charge in [0.2, 0.25) is 0 Å². The van der Waals surface area contributed by atoms with Gasteiger partial charge in [-0.1, -0.05) is 25.1 Å². The van der Waals surface area contributed by atoms with Crippen molar-refractivity contribution in [1.82, 2.24) is 10.6 Å². The van der Waals surface area contributed by atoms with E-state index in [0.717, 1.165) is 6.54 Å². The van der Waals surface area contributed by atoms with Gasteiger partial charge in [-0.15, -0.1) is 35.7 Å². The molecule has 0 amide bonds. The highest BCUT2D eigenvalue weighted by molar-refractivity contribution is 14.0. The van der Waals surface area contributed by atoms with Crippen LogP contribution in [0.5, 0.6) is 0 Å². The molecule has 0 saturated carbocycles. The van der Waals surface area contributed by atoms with Crippen molar-refractivity contribution in [2.45, 2.75) is 17.1 Å². The Labute approximate surface area is 154 Å². The normalized spacial score (nSPS) is 13.1. The van der Waals surface area contributed by atoms with Gasteiger partial charge >= 0.3 is 0 Å². The van der Waals surface area contributed by atoms with Crippen LogP contribution in [-0.2, 0) is 9.84 Å². The summed E-state index contributed by atoms with van der Waals surface area (Å²) in [6.45, 7) is 3.24. The smallest absolute Gasteiger partial charge is 0.191 e. The van der Waals surface area contributed by atoms with E-state index in [1.54, 1.807) is 18.8 Å². The summed E-state index contributed by atoms with van der Waals surface area (Å²) in [7, 11) is -1.28.